The van der Waals surface area contributed by atoms with E-state index in [9.17, 15) is 5.11 Å². The molecule has 2 rings (SSSR count). The maximum Gasteiger partial charge on any atom is 0.137 e. The second kappa shape index (κ2) is 7.48. The van der Waals surface area contributed by atoms with Crippen molar-refractivity contribution < 1.29 is 14.7 Å². The maximum atomic E-state index is 10.3. The van der Waals surface area contributed by atoms with Crippen LogP contribution in [-0.2, 0) is 0 Å². The Kier molecular flexibility index (Phi) is 5.91. The van der Waals surface area contributed by atoms with E-state index in [2.05, 4.69) is 13.8 Å². The molecule has 4 heteroatoms. The number of nitrogens with one attached hydrogen (secondary N) is 1. The molecule has 1 aliphatic rings. The predicted octanol–water partition coefficient (Wildman–Crippen LogP) is 2.23. The topological polar surface area (TPSA) is 33.9 Å². The molecule has 0 bridgehead atoms. The molecule has 2 N–H and O–H groups in total. The van der Waals surface area contributed by atoms with Crippen LogP contribution >= 0.6 is 11.6 Å². The molecule has 1 aromatic carbocycles. The fraction of sp³-hybridized carbons (Fsp3) is 0.647. The van der Waals surface area contributed by atoms with Gasteiger partial charge < -0.3 is 14.7 Å². The molecule has 1 saturated heterocycles. The number of aryl methyl sites for hydroxylation is 1. The summed E-state index contributed by atoms with van der Waals surface area (Å²) in [6.07, 6.45) is 3.38. The van der Waals surface area contributed by atoms with Crippen molar-refractivity contribution in [1.29, 1.82) is 0 Å². The number of ether oxygens (including phenoxy) is 1. The first kappa shape index (κ1) is 16.6. The van der Waals surface area contributed by atoms with Gasteiger partial charge in [0, 0.05) is 5.02 Å². The third-order valence-corrected chi connectivity index (χ3v) is 4.81. The summed E-state index contributed by atoms with van der Waals surface area (Å²) in [5.41, 5.74) is 1.00. The second-order valence-corrected chi connectivity index (χ2v) is 6.82. The van der Waals surface area contributed by atoms with Crippen molar-refractivity contribution in [3.63, 3.8) is 0 Å². The van der Waals surface area contributed by atoms with Gasteiger partial charge in [0.15, 0.2) is 0 Å². The van der Waals surface area contributed by atoms with Crippen molar-refractivity contribution in [2.75, 3.05) is 13.2 Å². The first-order chi connectivity index (χ1) is 9.97. The minimum Gasteiger partial charge on any atom is -0.490 e. The highest BCUT2D eigenvalue weighted by Gasteiger charge is 2.30. The molecule has 0 spiro atoms. The largest absolute Gasteiger partial charge is 0.490 e. The summed E-state index contributed by atoms with van der Waals surface area (Å²) in [6.45, 7) is 7.62. The SMILES string of the molecule is Cc1cc(Cl)ccc1OC[C@H](O)C[NH+]1[C@H](C)CCC[C@H]1C. The molecule has 3 nitrogen and oxygen atoms in total. The van der Waals surface area contributed by atoms with Crippen LogP contribution in [-0.4, -0.2) is 36.4 Å². The Morgan fingerprint density at radius 3 is 2.62 bits per heavy atom. The lowest BCUT2D eigenvalue weighted by molar-refractivity contribution is -0.954. The lowest BCUT2D eigenvalue weighted by Gasteiger charge is -2.36. The molecule has 0 saturated carbocycles. The number of hydrogen-bond donors (Lipinski definition) is 2. The molecule has 0 radical (unpaired) electrons. The summed E-state index contributed by atoms with van der Waals surface area (Å²) >= 11 is 5.93. The number of quaternary nitrogens is 1. The zero-order valence-corrected chi connectivity index (χ0v) is 14.0. The Morgan fingerprint density at radius 1 is 1.33 bits per heavy atom. The Labute approximate surface area is 132 Å². The number of aliphatic hydroxyl groups excluding tert-OH is 1. The number of halogens is 1. The van der Waals surface area contributed by atoms with Crippen LogP contribution < -0.4 is 9.64 Å². The van der Waals surface area contributed by atoms with E-state index in [1.54, 1.807) is 0 Å². The van der Waals surface area contributed by atoms with Gasteiger partial charge in [-0.3, -0.25) is 0 Å². The molecular weight excluding hydrogens is 286 g/mol. The molecule has 118 valence electrons. The van der Waals surface area contributed by atoms with E-state index in [0.717, 1.165) is 17.9 Å². The normalized spacial score (nSPS) is 24.8. The van der Waals surface area contributed by atoms with E-state index in [-0.39, 0.29) is 0 Å². The standard InChI is InChI=1S/C17H26ClNO2/c1-12-9-15(18)7-8-17(12)21-11-16(20)10-19-13(2)5-4-6-14(19)3/h7-9,13-14,16,20H,4-6,10-11H2,1-3H3/p+1/t13-,14-,16-/m1/s1. The summed E-state index contributed by atoms with van der Waals surface area (Å²) in [6, 6.07) is 6.81. The van der Waals surface area contributed by atoms with Crippen LogP contribution in [0.5, 0.6) is 5.75 Å². The van der Waals surface area contributed by atoms with Crippen LogP contribution in [0.25, 0.3) is 0 Å². The van der Waals surface area contributed by atoms with E-state index in [0.29, 0.717) is 23.7 Å². The Bertz CT molecular complexity index is 456. The van der Waals surface area contributed by atoms with Gasteiger partial charge in [-0.2, -0.15) is 0 Å². The highest BCUT2D eigenvalue weighted by Crippen LogP contribution is 2.21. The van der Waals surface area contributed by atoms with Gasteiger partial charge in [-0.05, 0) is 63.8 Å². The Balaban J connectivity index is 1.85. The molecule has 1 heterocycles. The van der Waals surface area contributed by atoms with Crippen molar-refractivity contribution in [3.05, 3.63) is 28.8 Å². The molecule has 0 amide bonds. The van der Waals surface area contributed by atoms with Gasteiger partial charge in [0.2, 0.25) is 0 Å². The van der Waals surface area contributed by atoms with Crippen molar-refractivity contribution in [1.82, 2.24) is 0 Å². The minimum absolute atomic E-state index is 0.339. The number of piperidine rings is 1. The molecule has 21 heavy (non-hydrogen) atoms. The Hall–Kier alpha value is -0.770. The zero-order valence-electron chi connectivity index (χ0n) is 13.2. The summed E-state index contributed by atoms with van der Waals surface area (Å²) in [5, 5.41) is 11.0. The van der Waals surface area contributed by atoms with E-state index in [1.807, 2.05) is 25.1 Å². The first-order valence-electron chi connectivity index (χ1n) is 7.90. The predicted molar refractivity (Wildman–Crippen MR) is 86.3 cm³/mol. The molecule has 1 aromatic rings. The van der Waals surface area contributed by atoms with Crippen molar-refractivity contribution in [3.8, 4) is 5.75 Å². The highest BCUT2D eigenvalue weighted by molar-refractivity contribution is 6.30. The minimum atomic E-state index is -0.432. The molecule has 0 aliphatic carbocycles. The quantitative estimate of drug-likeness (QED) is 0.874. The van der Waals surface area contributed by atoms with Crippen molar-refractivity contribution >= 4 is 11.6 Å². The summed E-state index contributed by atoms with van der Waals surface area (Å²) in [4.78, 5) is 1.50. The van der Waals surface area contributed by atoms with Crippen molar-refractivity contribution in [2.45, 2.75) is 58.2 Å². The van der Waals surface area contributed by atoms with Gasteiger partial charge in [0.25, 0.3) is 0 Å². The van der Waals surface area contributed by atoms with Crippen molar-refractivity contribution in [2.24, 2.45) is 0 Å². The van der Waals surface area contributed by atoms with Crippen LogP contribution in [0.1, 0.15) is 38.7 Å². The van der Waals surface area contributed by atoms with E-state index in [1.165, 1.54) is 24.2 Å². The van der Waals surface area contributed by atoms with E-state index in [4.69, 9.17) is 16.3 Å². The van der Waals surface area contributed by atoms with Crippen LogP contribution in [0.2, 0.25) is 5.02 Å². The lowest BCUT2D eigenvalue weighted by atomic mass is 9.97. The molecule has 3 atom stereocenters. The Morgan fingerprint density at radius 2 is 2.00 bits per heavy atom. The third kappa shape index (κ3) is 4.60. The smallest absolute Gasteiger partial charge is 0.137 e. The van der Waals surface area contributed by atoms with Crippen LogP contribution in [0.15, 0.2) is 18.2 Å². The summed E-state index contributed by atoms with van der Waals surface area (Å²) < 4.78 is 5.74. The molecular formula is C17H27ClNO2+. The fourth-order valence-corrected chi connectivity index (χ4v) is 3.51. The van der Waals surface area contributed by atoms with Crippen LogP contribution in [0.4, 0.5) is 0 Å². The van der Waals surface area contributed by atoms with Crippen LogP contribution in [0, 0.1) is 6.92 Å². The number of hydrogen-bond acceptors (Lipinski definition) is 2. The summed E-state index contributed by atoms with van der Waals surface area (Å²) in [5.74, 6) is 0.799. The fourth-order valence-electron chi connectivity index (χ4n) is 3.28. The third-order valence-electron chi connectivity index (χ3n) is 4.58. The zero-order chi connectivity index (χ0) is 15.4. The average molecular weight is 313 g/mol. The molecule has 1 aliphatic heterocycles. The lowest BCUT2D eigenvalue weighted by Crippen LogP contribution is -3.20. The number of likely N-dealkylation sites (tertiary alicyclic amines) is 1. The van der Waals surface area contributed by atoms with Gasteiger partial charge in [0.05, 0.1) is 12.1 Å². The number of rotatable bonds is 5. The molecule has 0 aromatic heterocycles. The highest BCUT2D eigenvalue weighted by atomic mass is 35.5. The van der Waals surface area contributed by atoms with Crippen LogP contribution in [0.3, 0.4) is 0 Å². The average Bonchev–Trinajstić information content (AvgIpc) is 2.42. The number of aliphatic hydroxyl groups is 1. The first-order valence-corrected chi connectivity index (χ1v) is 8.27. The molecule has 1 fully saturated rings. The van der Waals surface area contributed by atoms with Gasteiger partial charge in [-0.15, -0.1) is 0 Å². The number of benzene rings is 1. The van der Waals surface area contributed by atoms with E-state index < -0.39 is 6.10 Å². The van der Waals surface area contributed by atoms with Gasteiger partial charge in [-0.1, -0.05) is 11.6 Å². The van der Waals surface area contributed by atoms with Gasteiger partial charge >= 0.3 is 0 Å². The summed E-state index contributed by atoms with van der Waals surface area (Å²) in [7, 11) is 0. The van der Waals surface area contributed by atoms with E-state index >= 15 is 0 Å². The van der Waals surface area contributed by atoms with Gasteiger partial charge in [0.1, 0.15) is 25.0 Å². The second-order valence-electron chi connectivity index (χ2n) is 6.39. The van der Waals surface area contributed by atoms with Gasteiger partial charge in [-0.25, -0.2) is 0 Å². The molecule has 0 unspecified atom stereocenters. The maximum absolute atomic E-state index is 10.3. The monoisotopic (exact) mass is 312 g/mol.